The van der Waals surface area contributed by atoms with Crippen molar-refractivity contribution in [2.45, 2.75) is 23.7 Å². The first-order valence-electron chi connectivity index (χ1n) is 13.8. The number of hydrogen-bond acceptors (Lipinski definition) is 0. The number of rotatable bonds is 0. The van der Waals surface area contributed by atoms with Crippen LogP contribution in [0.3, 0.4) is 0 Å². The molecule has 0 fully saturated rings. The summed E-state index contributed by atoms with van der Waals surface area (Å²) in [5.74, 6) is 1.28. The second-order valence-electron chi connectivity index (χ2n) is 11.6. The minimum absolute atomic E-state index is 0.320. The molecule has 6 aliphatic rings. The molecular weight excluding hydrogens is 456 g/mol. The largest absolute Gasteiger partial charge is 0.0619 e. The van der Waals surface area contributed by atoms with Crippen LogP contribution < -0.4 is 0 Å². The molecule has 0 heterocycles. The van der Waals surface area contributed by atoms with E-state index in [4.69, 9.17) is 0 Å². The molecule has 0 N–H and O–H groups in total. The summed E-state index contributed by atoms with van der Waals surface area (Å²) in [5, 5.41) is 2.76. The van der Waals surface area contributed by atoms with Crippen molar-refractivity contribution in [2.24, 2.45) is 0 Å². The monoisotopic (exact) mass is 480 g/mol. The van der Waals surface area contributed by atoms with Gasteiger partial charge in [0.25, 0.3) is 0 Å². The molecule has 6 aromatic carbocycles. The highest BCUT2D eigenvalue weighted by Gasteiger charge is 2.43. The van der Waals surface area contributed by atoms with Gasteiger partial charge in [-0.25, -0.2) is 0 Å². The van der Waals surface area contributed by atoms with E-state index < -0.39 is 0 Å². The molecule has 0 saturated heterocycles. The van der Waals surface area contributed by atoms with E-state index in [0.717, 1.165) is 0 Å². The lowest BCUT2D eigenvalue weighted by atomic mass is 9.59. The van der Waals surface area contributed by atoms with Crippen LogP contribution in [0.5, 0.6) is 0 Å². The lowest BCUT2D eigenvalue weighted by molar-refractivity contribution is 0.752. The Labute approximate surface area is 222 Å². The third kappa shape index (κ3) is 2.21. The van der Waals surface area contributed by atoms with Crippen LogP contribution >= 0.6 is 0 Å². The molecule has 0 nitrogen and oxygen atoms in total. The van der Waals surface area contributed by atoms with E-state index in [1.807, 2.05) is 0 Å². The van der Waals surface area contributed by atoms with Crippen molar-refractivity contribution in [2.75, 3.05) is 0 Å². The normalized spacial score (nSPS) is 22.2. The molecule has 0 saturated carbocycles. The Morgan fingerprint density at radius 3 is 0.605 bits per heavy atom. The van der Waals surface area contributed by atoms with Crippen LogP contribution in [0.2, 0.25) is 0 Å². The van der Waals surface area contributed by atoms with Crippen molar-refractivity contribution >= 4 is 10.8 Å². The summed E-state index contributed by atoms with van der Waals surface area (Å²) in [6, 6.07) is 46.7. The molecule has 0 aliphatic heterocycles. The summed E-state index contributed by atoms with van der Waals surface area (Å²) in [4.78, 5) is 0. The maximum Gasteiger partial charge on any atom is 0.0349 e. The Morgan fingerprint density at radius 1 is 0.237 bits per heavy atom. The second-order valence-corrected chi connectivity index (χ2v) is 11.6. The van der Waals surface area contributed by atoms with E-state index in [2.05, 4.69) is 121 Å². The SMILES string of the molecule is c1ccc2c(c1)C1c3ccccc3C2c2cc3cc4c(cc3cc21)C1c2ccccc2C4c2ccccc21. The van der Waals surface area contributed by atoms with Gasteiger partial charge < -0.3 is 0 Å². The first-order chi connectivity index (χ1) is 18.9. The molecule has 176 valence electrons. The zero-order valence-corrected chi connectivity index (χ0v) is 20.9. The van der Waals surface area contributed by atoms with Gasteiger partial charge in [-0.2, -0.15) is 0 Å². The number of benzene rings is 6. The standard InChI is InChI=1S/C38H24/c1-2-10-24-23(9-1)35-25-11-3-4-12-26(25)36(24)32-18-22-20-34-33(19-21(22)17-31(32)35)37-27-13-5-7-15-29(27)38(34)30-16-8-6-14-28(30)37/h1-20,35-38H. The average Bonchev–Trinajstić information content (AvgIpc) is 2.98. The Balaban J connectivity index is 1.26. The van der Waals surface area contributed by atoms with Crippen LogP contribution in [-0.4, -0.2) is 0 Å². The Morgan fingerprint density at radius 2 is 0.421 bits per heavy atom. The van der Waals surface area contributed by atoms with E-state index in [1.54, 1.807) is 0 Å². The van der Waals surface area contributed by atoms with E-state index in [9.17, 15) is 0 Å². The summed E-state index contributed by atoms with van der Waals surface area (Å²) in [5.41, 5.74) is 17.9. The topological polar surface area (TPSA) is 0 Å². The molecule has 38 heavy (non-hydrogen) atoms. The predicted octanol–water partition coefficient (Wildman–Crippen LogP) is 8.81. The van der Waals surface area contributed by atoms with Crippen LogP contribution in [0, 0.1) is 0 Å². The minimum atomic E-state index is 0.320. The van der Waals surface area contributed by atoms with Gasteiger partial charge in [0, 0.05) is 23.7 Å². The third-order valence-electron chi connectivity index (χ3n) is 9.96. The highest BCUT2D eigenvalue weighted by Crippen LogP contribution is 2.59. The van der Waals surface area contributed by atoms with Gasteiger partial charge in [-0.15, -0.1) is 0 Å². The lowest BCUT2D eigenvalue weighted by Gasteiger charge is -2.43. The van der Waals surface area contributed by atoms with E-state index >= 15 is 0 Å². The smallest absolute Gasteiger partial charge is 0.0349 e. The first kappa shape index (κ1) is 19.7. The Hall–Kier alpha value is -4.42. The van der Waals surface area contributed by atoms with Crippen LogP contribution in [0.4, 0.5) is 0 Å². The van der Waals surface area contributed by atoms with Gasteiger partial charge in [-0.05, 0) is 102 Å². The zero-order valence-electron chi connectivity index (χ0n) is 20.9. The fraction of sp³-hybridized carbons (Fsp3) is 0.105. The van der Waals surface area contributed by atoms with Gasteiger partial charge in [0.1, 0.15) is 0 Å². The minimum Gasteiger partial charge on any atom is -0.0619 e. The molecule has 0 radical (unpaired) electrons. The molecule has 0 aromatic heterocycles. The van der Waals surface area contributed by atoms with Gasteiger partial charge in [0.2, 0.25) is 0 Å². The van der Waals surface area contributed by atoms with Crippen LogP contribution in [0.25, 0.3) is 10.8 Å². The predicted molar refractivity (Wildman–Crippen MR) is 153 cm³/mol. The van der Waals surface area contributed by atoms with Gasteiger partial charge in [-0.1, -0.05) is 97.1 Å². The summed E-state index contributed by atoms with van der Waals surface area (Å²) in [7, 11) is 0. The van der Waals surface area contributed by atoms with Crippen molar-refractivity contribution in [3.63, 3.8) is 0 Å². The average molecular weight is 481 g/mol. The Bertz CT molecular complexity index is 1630. The molecule has 12 rings (SSSR count). The molecule has 6 aliphatic carbocycles. The van der Waals surface area contributed by atoms with Crippen LogP contribution in [0.15, 0.2) is 121 Å². The number of hydrogen-bond donors (Lipinski definition) is 0. The highest BCUT2D eigenvalue weighted by atomic mass is 14.5. The van der Waals surface area contributed by atoms with Crippen LogP contribution in [0.1, 0.15) is 90.4 Å². The van der Waals surface area contributed by atoms with Gasteiger partial charge in [0.05, 0.1) is 0 Å². The van der Waals surface area contributed by atoms with Gasteiger partial charge in [-0.3, -0.25) is 0 Å². The highest BCUT2D eigenvalue weighted by molar-refractivity contribution is 5.90. The molecular formula is C38H24. The molecule has 0 spiro atoms. The maximum absolute atomic E-state index is 2.54. The van der Waals surface area contributed by atoms with E-state index in [1.165, 1.54) is 77.5 Å². The van der Waals surface area contributed by atoms with Crippen LogP contribution in [-0.2, 0) is 0 Å². The first-order valence-corrected chi connectivity index (χ1v) is 13.8. The summed E-state index contributed by atoms with van der Waals surface area (Å²) >= 11 is 0. The Kier molecular flexibility index (Phi) is 3.47. The van der Waals surface area contributed by atoms with Crippen molar-refractivity contribution in [1.82, 2.24) is 0 Å². The summed E-state index contributed by atoms with van der Waals surface area (Å²) < 4.78 is 0. The quantitative estimate of drug-likeness (QED) is 0.203. The van der Waals surface area contributed by atoms with E-state index in [-0.39, 0.29) is 0 Å². The molecule has 0 atom stereocenters. The summed E-state index contributed by atoms with van der Waals surface area (Å²) in [6.45, 7) is 0. The van der Waals surface area contributed by atoms with Crippen molar-refractivity contribution in [1.29, 1.82) is 0 Å². The third-order valence-corrected chi connectivity index (χ3v) is 9.96. The fourth-order valence-corrected chi connectivity index (χ4v) is 8.58. The fourth-order valence-electron chi connectivity index (χ4n) is 8.58. The molecule has 6 aromatic rings. The van der Waals surface area contributed by atoms with Crippen molar-refractivity contribution in [3.8, 4) is 0 Å². The number of fused-ring (bicyclic) bond motifs is 1. The molecule has 0 unspecified atom stereocenters. The molecule has 4 bridgehead atoms. The summed E-state index contributed by atoms with van der Waals surface area (Å²) in [6.07, 6.45) is 0. The molecule has 0 heteroatoms. The van der Waals surface area contributed by atoms with E-state index in [0.29, 0.717) is 23.7 Å². The molecule has 0 amide bonds. The van der Waals surface area contributed by atoms with Gasteiger partial charge in [0.15, 0.2) is 0 Å². The van der Waals surface area contributed by atoms with Crippen molar-refractivity contribution in [3.05, 3.63) is 188 Å². The van der Waals surface area contributed by atoms with Gasteiger partial charge >= 0.3 is 0 Å². The maximum atomic E-state index is 2.54. The van der Waals surface area contributed by atoms with Crippen molar-refractivity contribution < 1.29 is 0 Å². The second kappa shape index (κ2) is 6.71. The zero-order chi connectivity index (χ0) is 24.5. The lowest BCUT2D eigenvalue weighted by Crippen LogP contribution is -2.28.